The Labute approximate surface area is 227 Å². The van der Waals surface area contributed by atoms with E-state index in [9.17, 15) is 9.59 Å². The number of nitrogens with one attached hydrogen (secondary N) is 2. The number of benzene rings is 2. The number of H-pyrrole nitrogens is 1. The number of methoxy groups -OCH3 is 2. The van der Waals surface area contributed by atoms with Gasteiger partial charge < -0.3 is 29.4 Å². The fourth-order valence-electron chi connectivity index (χ4n) is 4.66. The molecule has 9 nitrogen and oxygen atoms in total. The molecular weight excluding hydrogens is 504 g/mol. The first-order valence-electron chi connectivity index (χ1n) is 13.1. The third-order valence-corrected chi connectivity index (χ3v) is 7.13. The average molecular weight is 541 g/mol. The maximum Gasteiger partial charge on any atom is 0.262 e. The molecule has 38 heavy (non-hydrogen) atoms. The molecular formula is C28H36N4O5S. The minimum Gasteiger partial charge on any atom is -0.493 e. The van der Waals surface area contributed by atoms with E-state index in [2.05, 4.69) is 15.2 Å². The van der Waals surface area contributed by atoms with Crippen LogP contribution in [0.2, 0.25) is 0 Å². The van der Waals surface area contributed by atoms with Gasteiger partial charge in [-0.3, -0.25) is 14.2 Å². The molecule has 204 valence electrons. The van der Waals surface area contributed by atoms with E-state index < -0.39 is 0 Å². The number of carbonyl (C=O) groups excluding carboxylic acids is 1. The number of rotatable bonds is 12. The van der Waals surface area contributed by atoms with Crippen LogP contribution in [0.15, 0.2) is 41.2 Å². The summed E-state index contributed by atoms with van der Waals surface area (Å²) < 4.78 is 18.1. The zero-order chi connectivity index (χ0) is 26.9. The smallest absolute Gasteiger partial charge is 0.262 e. The summed E-state index contributed by atoms with van der Waals surface area (Å²) in [6, 6.07) is 11.6. The minimum absolute atomic E-state index is 0.0290. The summed E-state index contributed by atoms with van der Waals surface area (Å²) in [5.41, 5.74) is 2.76. The largest absolute Gasteiger partial charge is 0.493 e. The van der Waals surface area contributed by atoms with E-state index >= 15 is 0 Å². The van der Waals surface area contributed by atoms with Crippen molar-refractivity contribution in [3.8, 4) is 11.5 Å². The normalized spacial score (nSPS) is 13.5. The number of amides is 1. The lowest BCUT2D eigenvalue weighted by Crippen LogP contribution is -2.36. The summed E-state index contributed by atoms with van der Waals surface area (Å²) in [6.45, 7) is 4.08. The van der Waals surface area contributed by atoms with Gasteiger partial charge in [0, 0.05) is 38.3 Å². The molecule has 1 amide bonds. The van der Waals surface area contributed by atoms with Crippen molar-refractivity contribution in [1.82, 2.24) is 14.9 Å². The highest BCUT2D eigenvalue weighted by Gasteiger charge is 2.14. The Kier molecular flexibility index (Phi) is 9.78. The van der Waals surface area contributed by atoms with E-state index in [1.807, 2.05) is 36.4 Å². The fourth-order valence-corrected chi connectivity index (χ4v) is 4.95. The second kappa shape index (κ2) is 13.4. The van der Waals surface area contributed by atoms with E-state index in [0.717, 1.165) is 49.1 Å². The molecule has 0 atom stereocenters. The summed E-state index contributed by atoms with van der Waals surface area (Å²) in [6.07, 6.45) is 3.51. The van der Waals surface area contributed by atoms with Gasteiger partial charge in [0.1, 0.15) is 0 Å². The standard InChI is InChI=1S/C28H36N4O5S/c1-35-24-10-7-20(18-25(24)36-2)11-12-29-26(33)6-4-3-5-13-32-27(34)22-19-21(31-14-16-37-17-15-31)8-9-23(22)30-28(32)38/h7-10,18-19H,3-6,11-17H2,1-2H3,(H,29,33)(H,30,38). The molecule has 1 aliphatic rings. The first-order chi connectivity index (χ1) is 18.5. The Morgan fingerprint density at radius 1 is 1.05 bits per heavy atom. The zero-order valence-corrected chi connectivity index (χ0v) is 22.9. The molecule has 2 N–H and O–H groups in total. The van der Waals surface area contributed by atoms with Crippen LogP contribution in [0.3, 0.4) is 0 Å². The second-order valence-electron chi connectivity index (χ2n) is 9.32. The Morgan fingerprint density at radius 3 is 2.61 bits per heavy atom. The Morgan fingerprint density at radius 2 is 1.84 bits per heavy atom. The van der Waals surface area contributed by atoms with Crippen molar-refractivity contribution in [1.29, 1.82) is 0 Å². The fraction of sp³-hybridized carbons (Fsp3) is 0.464. The molecule has 1 aromatic heterocycles. The third-order valence-electron chi connectivity index (χ3n) is 6.81. The number of aromatic amines is 1. The van der Waals surface area contributed by atoms with Crippen LogP contribution in [0, 0.1) is 4.77 Å². The lowest BCUT2D eigenvalue weighted by atomic mass is 10.1. The second-order valence-corrected chi connectivity index (χ2v) is 9.70. The van der Waals surface area contributed by atoms with E-state index in [1.165, 1.54) is 0 Å². The highest BCUT2D eigenvalue weighted by atomic mass is 32.1. The Hall–Kier alpha value is -3.37. The highest BCUT2D eigenvalue weighted by Crippen LogP contribution is 2.27. The van der Waals surface area contributed by atoms with Crippen LogP contribution in [0.1, 0.15) is 31.2 Å². The molecule has 3 aromatic rings. The molecule has 0 saturated carbocycles. The van der Waals surface area contributed by atoms with Crippen LogP contribution in [-0.4, -0.2) is 62.5 Å². The first kappa shape index (κ1) is 27.7. The van der Waals surface area contributed by atoms with Gasteiger partial charge in [-0.25, -0.2) is 0 Å². The van der Waals surface area contributed by atoms with Gasteiger partial charge in [0.2, 0.25) is 5.91 Å². The first-order valence-corrected chi connectivity index (χ1v) is 13.5. The van der Waals surface area contributed by atoms with Gasteiger partial charge in [-0.05, 0) is 67.4 Å². The Balaban J connectivity index is 1.23. The topological polar surface area (TPSA) is 97.8 Å². The van der Waals surface area contributed by atoms with Crippen molar-refractivity contribution in [3.05, 3.63) is 57.1 Å². The molecule has 1 saturated heterocycles. The van der Waals surface area contributed by atoms with Gasteiger partial charge in [-0.2, -0.15) is 0 Å². The summed E-state index contributed by atoms with van der Waals surface area (Å²) in [7, 11) is 3.21. The van der Waals surface area contributed by atoms with Gasteiger partial charge in [-0.1, -0.05) is 12.5 Å². The minimum atomic E-state index is -0.0771. The van der Waals surface area contributed by atoms with E-state index in [1.54, 1.807) is 18.8 Å². The molecule has 1 aliphatic heterocycles. The number of fused-ring (bicyclic) bond motifs is 1. The van der Waals surface area contributed by atoms with E-state index in [4.69, 9.17) is 26.4 Å². The van der Waals surface area contributed by atoms with Gasteiger partial charge in [0.05, 0.1) is 38.3 Å². The number of aromatic nitrogens is 2. The van der Waals surface area contributed by atoms with Crippen molar-refractivity contribution < 1.29 is 19.0 Å². The zero-order valence-electron chi connectivity index (χ0n) is 22.1. The number of unbranched alkanes of at least 4 members (excludes halogenated alkanes) is 2. The van der Waals surface area contributed by atoms with Crippen molar-refractivity contribution in [3.63, 3.8) is 0 Å². The molecule has 0 spiro atoms. The van der Waals surface area contributed by atoms with Gasteiger partial charge in [0.25, 0.3) is 5.56 Å². The number of nitrogens with zero attached hydrogens (tertiary/aromatic N) is 2. The Bertz CT molecular complexity index is 1360. The van der Waals surface area contributed by atoms with Crippen molar-refractivity contribution >= 4 is 34.7 Å². The molecule has 0 radical (unpaired) electrons. The van der Waals surface area contributed by atoms with Crippen LogP contribution < -0.4 is 25.2 Å². The van der Waals surface area contributed by atoms with Gasteiger partial charge in [0.15, 0.2) is 16.3 Å². The van der Waals surface area contributed by atoms with Crippen LogP contribution >= 0.6 is 12.2 Å². The van der Waals surface area contributed by atoms with Crippen LogP contribution in [0.5, 0.6) is 11.5 Å². The summed E-state index contributed by atoms with van der Waals surface area (Å²) in [4.78, 5) is 30.9. The SMILES string of the molecule is COc1ccc(CCNC(=O)CCCCCn2c(=S)[nH]c3ccc(N4CCOCC4)cc3c2=O)cc1OC. The summed E-state index contributed by atoms with van der Waals surface area (Å²) >= 11 is 5.46. The summed E-state index contributed by atoms with van der Waals surface area (Å²) in [5, 5.41) is 3.61. The lowest BCUT2D eigenvalue weighted by Gasteiger charge is -2.29. The quantitative estimate of drug-likeness (QED) is 0.266. The van der Waals surface area contributed by atoms with Crippen molar-refractivity contribution in [2.75, 3.05) is 52.0 Å². The van der Waals surface area contributed by atoms with Crippen LogP contribution in [0.4, 0.5) is 5.69 Å². The monoisotopic (exact) mass is 540 g/mol. The molecule has 2 heterocycles. The molecule has 2 aromatic carbocycles. The molecule has 1 fully saturated rings. The van der Waals surface area contributed by atoms with Crippen molar-refractivity contribution in [2.45, 2.75) is 38.6 Å². The highest BCUT2D eigenvalue weighted by molar-refractivity contribution is 7.71. The maximum atomic E-state index is 13.2. The van der Waals surface area contributed by atoms with Crippen LogP contribution in [0.25, 0.3) is 10.9 Å². The molecule has 4 rings (SSSR count). The number of carbonyl (C=O) groups is 1. The molecule has 0 unspecified atom stereocenters. The van der Waals surface area contributed by atoms with E-state index in [0.29, 0.717) is 60.8 Å². The molecule has 0 bridgehead atoms. The van der Waals surface area contributed by atoms with Gasteiger partial charge >= 0.3 is 0 Å². The third kappa shape index (κ3) is 6.93. The van der Waals surface area contributed by atoms with E-state index in [-0.39, 0.29) is 11.5 Å². The predicted octanol–water partition coefficient (Wildman–Crippen LogP) is 3.83. The molecule has 10 heteroatoms. The number of hydrogen-bond donors (Lipinski definition) is 2. The van der Waals surface area contributed by atoms with Crippen LogP contribution in [-0.2, 0) is 22.5 Å². The summed E-state index contributed by atoms with van der Waals surface area (Å²) in [5.74, 6) is 1.39. The lowest BCUT2D eigenvalue weighted by molar-refractivity contribution is -0.121. The average Bonchev–Trinajstić information content (AvgIpc) is 2.94. The van der Waals surface area contributed by atoms with Crippen molar-refractivity contribution in [2.24, 2.45) is 0 Å². The number of morpholine rings is 1. The molecule has 0 aliphatic carbocycles. The maximum absolute atomic E-state index is 13.2. The number of ether oxygens (including phenoxy) is 3. The van der Waals surface area contributed by atoms with Gasteiger partial charge in [-0.15, -0.1) is 0 Å². The number of hydrogen-bond acceptors (Lipinski definition) is 7. The number of anilines is 1. The predicted molar refractivity (Wildman–Crippen MR) is 151 cm³/mol.